The van der Waals surface area contributed by atoms with Crippen LogP contribution in [0.5, 0.6) is 0 Å². The Kier molecular flexibility index (Phi) is 74.9. The van der Waals surface area contributed by atoms with E-state index in [4.69, 9.17) is 11.8 Å². The van der Waals surface area contributed by atoms with Gasteiger partial charge in [0.2, 0.25) is 0 Å². The van der Waals surface area contributed by atoms with Crippen LogP contribution >= 0.6 is 0 Å². The Morgan fingerprint density at radius 2 is 1.38 bits per heavy atom. The first-order valence-electron chi connectivity index (χ1n) is 1.79. The fourth-order valence-corrected chi connectivity index (χ4v) is 0. The molecular weight excluding hydrogens is 145 g/mol. The second-order valence-electron chi connectivity index (χ2n) is 1.39. The molecule has 0 aliphatic rings. The van der Waals surface area contributed by atoms with Crippen LogP contribution in [-0.2, 0) is 17.1 Å². The van der Waals surface area contributed by atoms with Crippen molar-refractivity contribution in [3.63, 3.8) is 0 Å². The van der Waals surface area contributed by atoms with Crippen molar-refractivity contribution in [1.29, 1.82) is 5.26 Å². The minimum Gasteiger partial charge on any atom is -0.512 e. The fourth-order valence-electron chi connectivity index (χ4n) is 0. The molecule has 8 heavy (non-hydrogen) atoms. The van der Waals surface area contributed by atoms with Crippen molar-refractivity contribution in [3.8, 4) is 0 Å². The van der Waals surface area contributed by atoms with Crippen LogP contribution in [0.25, 0.3) is 0 Å². The summed E-state index contributed by atoms with van der Waals surface area (Å²) in [6.45, 7) is 12.5. The van der Waals surface area contributed by atoms with Crippen LogP contribution in [0.2, 0.25) is 0 Å². The minimum atomic E-state index is 0. The maximum absolute atomic E-state index is 6.25. The molecule has 0 saturated heterocycles. The third-order valence-electron chi connectivity index (χ3n) is 0. The summed E-state index contributed by atoms with van der Waals surface area (Å²) in [5, 5.41) is 6.25. The van der Waals surface area contributed by atoms with Gasteiger partial charge in [-0.3, -0.25) is 0 Å². The monoisotopic (exact) mass is 153 g/mol. The molecule has 0 unspecified atom stereocenters. The molecule has 0 spiro atoms. The van der Waals surface area contributed by atoms with E-state index in [9.17, 15) is 0 Å². The van der Waals surface area contributed by atoms with Crippen LogP contribution in [0.1, 0.15) is 13.8 Å². The van der Waals surface area contributed by atoms with Gasteiger partial charge in [-0.25, -0.2) is 0 Å². The molecule has 0 aromatic carbocycles. The van der Waals surface area contributed by atoms with E-state index >= 15 is 0 Å². The van der Waals surface area contributed by atoms with Crippen LogP contribution in [-0.4, -0.2) is 18.9 Å². The molecule has 0 aromatic rings. The van der Waals surface area contributed by atoms with E-state index < -0.39 is 0 Å². The van der Waals surface area contributed by atoms with Crippen molar-refractivity contribution >= 4 is 18.9 Å². The van der Waals surface area contributed by atoms with Crippen molar-refractivity contribution in [2.24, 2.45) is 5.92 Å². The second-order valence-corrected chi connectivity index (χ2v) is 1.39. The smallest absolute Gasteiger partial charge is 0.512 e. The molecule has 46 valence electrons. The third-order valence-corrected chi connectivity index (χ3v) is 0. The van der Waals surface area contributed by atoms with E-state index in [1.54, 1.807) is 0 Å². The largest absolute Gasteiger partial charge is 2.00 e. The van der Waals surface area contributed by atoms with Gasteiger partial charge in [0, 0.05) is 18.9 Å². The van der Waals surface area contributed by atoms with E-state index in [1.807, 2.05) is 0 Å². The Morgan fingerprint density at radius 1 is 1.38 bits per heavy atom. The van der Waals surface area contributed by atoms with Crippen molar-refractivity contribution < 1.29 is 17.1 Å². The predicted molar refractivity (Wildman–Crippen MR) is 30.9 cm³/mol. The van der Waals surface area contributed by atoms with Gasteiger partial charge in [-0.1, -0.05) is 13.8 Å². The number of rotatable bonds is 0. The molecule has 0 rings (SSSR count). The van der Waals surface area contributed by atoms with Crippen molar-refractivity contribution in [2.75, 3.05) is 0 Å². The quantitative estimate of drug-likeness (QED) is 0.379. The summed E-state index contributed by atoms with van der Waals surface area (Å²) < 4.78 is 0. The maximum Gasteiger partial charge on any atom is 2.00 e. The predicted octanol–water partition coefficient (Wildman–Crippen LogP) is 1.19. The third kappa shape index (κ3) is 564. The molecule has 0 bridgehead atoms. The molecule has 0 aliphatic heterocycles. The summed E-state index contributed by atoms with van der Waals surface area (Å²) in [6.07, 6.45) is 0. The molecule has 2 radical (unpaired) electrons. The number of nitrogens with zero attached hydrogens (tertiary/aromatic N) is 1. The molecular formula is C5H9CuLiN. The van der Waals surface area contributed by atoms with Gasteiger partial charge in [0.15, 0.2) is 0 Å². The minimum absolute atomic E-state index is 0. The molecule has 0 saturated carbocycles. The van der Waals surface area contributed by atoms with Gasteiger partial charge in [0.25, 0.3) is 0 Å². The Labute approximate surface area is 74.5 Å². The van der Waals surface area contributed by atoms with E-state index in [0.29, 0.717) is 5.92 Å². The van der Waals surface area contributed by atoms with E-state index in [0.717, 1.165) is 0 Å². The van der Waals surface area contributed by atoms with Crippen LogP contribution < -0.4 is 0 Å². The van der Waals surface area contributed by atoms with Gasteiger partial charge in [-0.2, -0.15) is 5.92 Å². The summed E-state index contributed by atoms with van der Waals surface area (Å²) in [5.41, 5.74) is 0. The average molecular weight is 154 g/mol. The van der Waals surface area contributed by atoms with Crippen LogP contribution in [0, 0.1) is 24.7 Å². The summed E-state index contributed by atoms with van der Waals surface area (Å²) in [4.78, 5) is 0. The molecule has 3 heteroatoms. The van der Waals surface area contributed by atoms with Gasteiger partial charge in [-0.15, -0.1) is 0 Å². The normalized spacial score (nSPS) is 4.75. The second kappa shape index (κ2) is 25.5. The molecule has 0 atom stereocenters. The number of hydrogen-bond acceptors (Lipinski definition) is 1. The van der Waals surface area contributed by atoms with E-state index in [2.05, 4.69) is 20.8 Å². The Morgan fingerprint density at radius 3 is 1.38 bits per heavy atom. The zero-order valence-corrected chi connectivity index (χ0v) is 6.47. The zero-order valence-electron chi connectivity index (χ0n) is 5.53. The maximum atomic E-state index is 6.25. The van der Waals surface area contributed by atoms with Crippen molar-refractivity contribution in [3.05, 3.63) is 13.5 Å². The topological polar surface area (TPSA) is 23.8 Å². The van der Waals surface area contributed by atoms with Gasteiger partial charge >= 0.3 is 17.1 Å². The Balaban J connectivity index is -0.0000000183. The molecule has 0 aromatic heterocycles. The average Bonchev–Trinajstić information content (AvgIpc) is 1.41. The molecule has 0 N–H and O–H groups in total. The van der Waals surface area contributed by atoms with Crippen molar-refractivity contribution in [2.45, 2.75) is 13.8 Å². The van der Waals surface area contributed by atoms with Gasteiger partial charge < -0.3 is 18.8 Å². The first kappa shape index (κ1) is 23.5. The van der Waals surface area contributed by atoms with E-state index in [1.165, 1.54) is 0 Å². The van der Waals surface area contributed by atoms with Gasteiger partial charge in [-0.05, 0) is 0 Å². The van der Waals surface area contributed by atoms with Gasteiger partial charge in [0.1, 0.15) is 0 Å². The Bertz CT molecular complexity index is 33.9. The summed E-state index contributed by atoms with van der Waals surface area (Å²) in [6, 6.07) is 0. The molecule has 0 heterocycles. The van der Waals surface area contributed by atoms with Crippen LogP contribution in [0.3, 0.4) is 0 Å². The summed E-state index contributed by atoms with van der Waals surface area (Å²) in [7, 11) is 0. The number of hydrogen-bond donors (Lipinski definition) is 0. The molecule has 1 nitrogen and oxygen atoms in total. The Hall–Kier alpha value is 0.607. The zero-order chi connectivity index (χ0) is 5.58. The SMILES string of the molecule is [C-]#N.[CH2-]C(C)C.[Cu+2].[Li]. The molecule has 0 amide bonds. The van der Waals surface area contributed by atoms with Crippen LogP contribution in [0.4, 0.5) is 0 Å². The first-order chi connectivity index (χ1) is 2.73. The summed E-state index contributed by atoms with van der Waals surface area (Å²) >= 11 is 0. The van der Waals surface area contributed by atoms with E-state index in [-0.39, 0.29) is 35.9 Å². The fraction of sp³-hybridized carbons (Fsp3) is 0.600. The van der Waals surface area contributed by atoms with Gasteiger partial charge in [0.05, 0.1) is 0 Å². The van der Waals surface area contributed by atoms with Crippen LogP contribution in [0.15, 0.2) is 0 Å². The van der Waals surface area contributed by atoms with Crippen molar-refractivity contribution in [1.82, 2.24) is 0 Å². The summed E-state index contributed by atoms with van der Waals surface area (Å²) in [5.74, 6) is 0.583. The molecule has 0 aliphatic carbocycles. The first-order valence-corrected chi connectivity index (χ1v) is 1.79. The molecule has 0 fully saturated rings. The standard InChI is InChI=1S/C4H9.CN.Cu.Li/c1-4(2)3;1-2;;/h4H,1H2,2-3H3;;;/q2*-1;+2;.